The predicted molar refractivity (Wildman–Crippen MR) is 55.6 cm³/mol. The van der Waals surface area contributed by atoms with Crippen molar-refractivity contribution in [3.8, 4) is 5.75 Å². The van der Waals surface area contributed by atoms with Gasteiger partial charge in [0.05, 0.1) is 20.3 Å². The zero-order valence-electron chi connectivity index (χ0n) is 8.16. The van der Waals surface area contributed by atoms with Crippen LogP contribution in [-0.4, -0.2) is 25.4 Å². The Morgan fingerprint density at radius 2 is 2.29 bits per heavy atom. The maximum atomic E-state index is 8.64. The molecular weight excluding hydrogens is 202 g/mol. The summed E-state index contributed by atoms with van der Waals surface area (Å²) < 4.78 is 5.19. The van der Waals surface area contributed by atoms with E-state index in [2.05, 4.69) is 0 Å². The highest BCUT2D eigenvalue weighted by Gasteiger charge is 2.04. The Labute approximate surface area is 88.7 Å². The number of rotatable bonds is 5. The first-order chi connectivity index (χ1) is 6.77. The molecule has 0 fully saturated rings. The molecule has 0 aliphatic carbocycles. The Kier molecular flexibility index (Phi) is 4.73. The summed E-state index contributed by atoms with van der Waals surface area (Å²) in [6.07, 6.45) is 0. The average Bonchev–Trinajstić information content (AvgIpc) is 2.19. The van der Waals surface area contributed by atoms with Gasteiger partial charge in [0.25, 0.3) is 0 Å². The van der Waals surface area contributed by atoms with Crippen molar-refractivity contribution in [3.63, 3.8) is 0 Å². The highest BCUT2D eigenvalue weighted by molar-refractivity contribution is 6.30. The molecule has 0 radical (unpaired) electrons. The monoisotopic (exact) mass is 216 g/mol. The molecule has 0 atom stereocenters. The van der Waals surface area contributed by atoms with E-state index in [1.807, 2.05) is 17.4 Å². The summed E-state index contributed by atoms with van der Waals surface area (Å²) in [5.41, 5.74) is 1.05. The minimum absolute atomic E-state index is 0.183. The fourth-order valence-electron chi connectivity index (χ4n) is 1.26. The molecule has 3 N–H and O–H groups in total. The number of aliphatic hydroxyl groups excluding tert-OH is 1. The molecule has 0 saturated carbocycles. The van der Waals surface area contributed by atoms with E-state index < -0.39 is 0 Å². The van der Waals surface area contributed by atoms with Crippen molar-refractivity contribution in [1.29, 1.82) is 0 Å². The van der Waals surface area contributed by atoms with Gasteiger partial charge < -0.3 is 15.2 Å². The Morgan fingerprint density at radius 1 is 1.50 bits per heavy atom. The van der Waals surface area contributed by atoms with Crippen molar-refractivity contribution in [2.24, 2.45) is 0 Å². The Bertz CT molecular complexity index is 291. The molecule has 1 aromatic carbocycles. The molecule has 78 valence electrons. The molecule has 3 nitrogen and oxygen atoms in total. The molecule has 0 unspecified atom stereocenters. The van der Waals surface area contributed by atoms with Gasteiger partial charge in [-0.1, -0.05) is 11.6 Å². The number of hydrogen-bond acceptors (Lipinski definition) is 2. The third kappa shape index (κ3) is 3.18. The van der Waals surface area contributed by atoms with Gasteiger partial charge in [-0.05, 0) is 18.2 Å². The van der Waals surface area contributed by atoms with Crippen LogP contribution in [0.15, 0.2) is 18.2 Å². The van der Waals surface area contributed by atoms with Gasteiger partial charge in [-0.25, -0.2) is 0 Å². The number of ether oxygens (including phenoxy) is 1. The molecule has 1 rings (SSSR count). The van der Waals surface area contributed by atoms with Crippen LogP contribution in [0.3, 0.4) is 0 Å². The molecule has 0 aromatic heterocycles. The summed E-state index contributed by atoms with van der Waals surface area (Å²) in [4.78, 5) is 0. The number of methoxy groups -OCH3 is 1. The highest BCUT2D eigenvalue weighted by atomic mass is 35.5. The molecule has 0 spiro atoms. The summed E-state index contributed by atoms with van der Waals surface area (Å²) in [5.74, 6) is 0.837. The van der Waals surface area contributed by atoms with E-state index in [-0.39, 0.29) is 6.61 Å². The van der Waals surface area contributed by atoms with Crippen LogP contribution in [0, 0.1) is 0 Å². The lowest BCUT2D eigenvalue weighted by atomic mass is 10.2. The fourth-order valence-corrected chi connectivity index (χ4v) is 1.45. The molecule has 14 heavy (non-hydrogen) atoms. The summed E-state index contributed by atoms with van der Waals surface area (Å²) in [5, 5.41) is 11.4. The van der Waals surface area contributed by atoms with Crippen LogP contribution in [0.4, 0.5) is 0 Å². The van der Waals surface area contributed by atoms with E-state index in [0.29, 0.717) is 11.6 Å². The highest BCUT2D eigenvalue weighted by Crippen LogP contribution is 2.21. The second-order valence-corrected chi connectivity index (χ2v) is 3.40. The zero-order chi connectivity index (χ0) is 10.4. The topological polar surface area (TPSA) is 46.1 Å². The third-order valence-electron chi connectivity index (χ3n) is 1.94. The molecule has 0 aliphatic rings. The van der Waals surface area contributed by atoms with Gasteiger partial charge in [-0.15, -0.1) is 0 Å². The summed E-state index contributed by atoms with van der Waals surface area (Å²) in [6, 6.07) is 5.54. The van der Waals surface area contributed by atoms with Gasteiger partial charge >= 0.3 is 0 Å². The van der Waals surface area contributed by atoms with E-state index >= 15 is 0 Å². The summed E-state index contributed by atoms with van der Waals surface area (Å²) >= 11 is 5.87. The Hall–Kier alpha value is -0.770. The van der Waals surface area contributed by atoms with Gasteiger partial charge in [-0.3, -0.25) is 0 Å². The standard InChI is InChI=1S/C10H14ClNO2/c1-14-10-3-2-9(11)6-8(10)7-12-4-5-13/h2-3,6,12-13H,4-5,7H2,1H3/p+1. The van der Waals surface area contributed by atoms with Crippen LogP contribution in [0.25, 0.3) is 0 Å². The van der Waals surface area contributed by atoms with Gasteiger partial charge in [0, 0.05) is 10.6 Å². The van der Waals surface area contributed by atoms with Gasteiger partial charge in [0.15, 0.2) is 0 Å². The van der Waals surface area contributed by atoms with Gasteiger partial charge in [0.1, 0.15) is 12.3 Å². The third-order valence-corrected chi connectivity index (χ3v) is 2.18. The molecular formula is C10H15ClNO2+. The van der Waals surface area contributed by atoms with Gasteiger partial charge in [0.2, 0.25) is 0 Å². The van der Waals surface area contributed by atoms with Crippen LogP contribution >= 0.6 is 11.6 Å². The van der Waals surface area contributed by atoms with Crippen LogP contribution in [0.1, 0.15) is 5.56 Å². The number of aliphatic hydroxyl groups is 1. The molecule has 0 amide bonds. The molecule has 0 saturated heterocycles. The lowest BCUT2D eigenvalue weighted by molar-refractivity contribution is -0.671. The Balaban J connectivity index is 2.67. The minimum Gasteiger partial charge on any atom is -0.496 e. The van der Waals surface area contributed by atoms with E-state index in [0.717, 1.165) is 17.9 Å². The lowest BCUT2D eigenvalue weighted by Gasteiger charge is -2.07. The molecule has 0 aliphatic heterocycles. The van der Waals surface area contributed by atoms with E-state index in [1.165, 1.54) is 0 Å². The normalized spacial score (nSPS) is 10.2. The Morgan fingerprint density at radius 3 is 2.93 bits per heavy atom. The predicted octanol–water partition coefficient (Wildman–Crippen LogP) is 0.404. The molecule has 4 heteroatoms. The summed E-state index contributed by atoms with van der Waals surface area (Å²) in [6.45, 7) is 1.64. The van der Waals surface area contributed by atoms with Crippen molar-refractivity contribution in [2.75, 3.05) is 20.3 Å². The van der Waals surface area contributed by atoms with Crippen molar-refractivity contribution in [2.45, 2.75) is 6.54 Å². The smallest absolute Gasteiger partial charge is 0.127 e. The average molecular weight is 217 g/mol. The van der Waals surface area contributed by atoms with Crippen molar-refractivity contribution in [3.05, 3.63) is 28.8 Å². The fraction of sp³-hybridized carbons (Fsp3) is 0.400. The first-order valence-corrected chi connectivity index (χ1v) is 4.90. The van der Waals surface area contributed by atoms with Crippen LogP contribution < -0.4 is 10.1 Å². The SMILES string of the molecule is COc1ccc(Cl)cc1C[NH2+]CCO. The number of nitrogens with two attached hydrogens (primary N) is 1. The summed E-state index contributed by atoms with van der Waals surface area (Å²) in [7, 11) is 1.64. The van der Waals surface area contributed by atoms with Crippen molar-refractivity contribution < 1.29 is 15.2 Å². The first kappa shape index (κ1) is 11.3. The number of halogens is 1. The number of hydrogen-bond donors (Lipinski definition) is 2. The lowest BCUT2D eigenvalue weighted by Crippen LogP contribution is -2.83. The van der Waals surface area contributed by atoms with Crippen molar-refractivity contribution >= 4 is 11.6 Å². The minimum atomic E-state index is 0.183. The van der Waals surface area contributed by atoms with E-state index in [4.69, 9.17) is 21.4 Å². The maximum absolute atomic E-state index is 8.64. The quantitative estimate of drug-likeness (QED) is 0.701. The number of benzene rings is 1. The van der Waals surface area contributed by atoms with Crippen LogP contribution in [-0.2, 0) is 6.54 Å². The van der Waals surface area contributed by atoms with E-state index in [9.17, 15) is 0 Å². The zero-order valence-corrected chi connectivity index (χ0v) is 8.92. The largest absolute Gasteiger partial charge is 0.496 e. The second kappa shape index (κ2) is 5.86. The molecule has 0 bridgehead atoms. The molecule has 0 heterocycles. The van der Waals surface area contributed by atoms with Crippen LogP contribution in [0.2, 0.25) is 5.02 Å². The second-order valence-electron chi connectivity index (χ2n) is 2.96. The van der Waals surface area contributed by atoms with Crippen molar-refractivity contribution in [1.82, 2.24) is 0 Å². The number of quaternary nitrogens is 1. The maximum Gasteiger partial charge on any atom is 0.127 e. The first-order valence-electron chi connectivity index (χ1n) is 4.53. The molecule has 1 aromatic rings. The van der Waals surface area contributed by atoms with Crippen LogP contribution in [0.5, 0.6) is 5.75 Å². The van der Waals surface area contributed by atoms with Gasteiger partial charge in [-0.2, -0.15) is 0 Å². The van der Waals surface area contributed by atoms with E-state index in [1.54, 1.807) is 13.2 Å².